The Balaban J connectivity index is 2.03. The first kappa shape index (κ1) is 13.0. The van der Waals surface area contributed by atoms with Crippen molar-refractivity contribution in [3.05, 3.63) is 0 Å². The molecule has 1 unspecified atom stereocenters. The number of hydrogen-bond donors (Lipinski definition) is 3. The highest BCUT2D eigenvalue weighted by molar-refractivity contribution is 5.76. The van der Waals surface area contributed by atoms with Crippen molar-refractivity contribution in [1.82, 2.24) is 16.0 Å². The quantitative estimate of drug-likeness (QED) is 0.561. The molecule has 0 aromatic heterocycles. The SMILES string of the molecule is CC(=O)NCCNC(=O)CC1CCCNC1. The molecule has 1 rings (SSSR count). The van der Waals surface area contributed by atoms with Crippen molar-refractivity contribution >= 4 is 11.8 Å². The first-order valence-corrected chi connectivity index (χ1v) is 5.90. The molecular weight excluding hydrogens is 206 g/mol. The van der Waals surface area contributed by atoms with Gasteiger partial charge in [-0.3, -0.25) is 9.59 Å². The zero-order chi connectivity index (χ0) is 11.8. The largest absolute Gasteiger partial charge is 0.355 e. The number of hydrogen-bond acceptors (Lipinski definition) is 3. The van der Waals surface area contributed by atoms with E-state index in [9.17, 15) is 9.59 Å². The molecule has 1 fully saturated rings. The van der Waals surface area contributed by atoms with Crippen LogP contribution in [0.2, 0.25) is 0 Å². The lowest BCUT2D eigenvalue weighted by atomic mass is 9.96. The van der Waals surface area contributed by atoms with E-state index in [-0.39, 0.29) is 11.8 Å². The standard InChI is InChI=1S/C11H21N3O2/c1-9(15)13-5-6-14-11(16)7-10-3-2-4-12-8-10/h10,12H,2-8H2,1H3,(H,13,15)(H,14,16). The van der Waals surface area contributed by atoms with Crippen LogP contribution in [-0.4, -0.2) is 38.0 Å². The summed E-state index contributed by atoms with van der Waals surface area (Å²) < 4.78 is 0. The molecule has 0 aromatic carbocycles. The maximum absolute atomic E-state index is 11.5. The van der Waals surface area contributed by atoms with Crippen molar-refractivity contribution in [2.75, 3.05) is 26.2 Å². The van der Waals surface area contributed by atoms with Crippen LogP contribution in [0.25, 0.3) is 0 Å². The van der Waals surface area contributed by atoms with Crippen molar-refractivity contribution in [3.8, 4) is 0 Å². The van der Waals surface area contributed by atoms with Gasteiger partial charge in [0.1, 0.15) is 0 Å². The van der Waals surface area contributed by atoms with E-state index >= 15 is 0 Å². The molecule has 1 aliphatic rings. The van der Waals surface area contributed by atoms with Gasteiger partial charge in [0.2, 0.25) is 11.8 Å². The monoisotopic (exact) mass is 227 g/mol. The number of piperidine rings is 1. The molecule has 1 aliphatic heterocycles. The molecule has 92 valence electrons. The Kier molecular flexibility index (Phi) is 5.85. The van der Waals surface area contributed by atoms with Crippen LogP contribution in [0.1, 0.15) is 26.2 Å². The molecule has 0 aromatic rings. The van der Waals surface area contributed by atoms with E-state index in [0.717, 1.165) is 25.9 Å². The normalized spacial score (nSPS) is 20.2. The van der Waals surface area contributed by atoms with Crippen LogP contribution < -0.4 is 16.0 Å². The van der Waals surface area contributed by atoms with Gasteiger partial charge in [-0.1, -0.05) is 0 Å². The highest BCUT2D eigenvalue weighted by Gasteiger charge is 2.16. The van der Waals surface area contributed by atoms with Crippen molar-refractivity contribution in [3.63, 3.8) is 0 Å². The van der Waals surface area contributed by atoms with Crippen molar-refractivity contribution in [1.29, 1.82) is 0 Å². The minimum Gasteiger partial charge on any atom is -0.355 e. The van der Waals surface area contributed by atoms with Gasteiger partial charge in [-0.25, -0.2) is 0 Å². The van der Waals surface area contributed by atoms with Crippen LogP contribution >= 0.6 is 0 Å². The van der Waals surface area contributed by atoms with Crippen molar-refractivity contribution in [2.45, 2.75) is 26.2 Å². The van der Waals surface area contributed by atoms with Gasteiger partial charge in [-0.05, 0) is 31.8 Å². The van der Waals surface area contributed by atoms with E-state index in [4.69, 9.17) is 0 Å². The zero-order valence-corrected chi connectivity index (χ0v) is 9.84. The molecular formula is C11H21N3O2. The predicted molar refractivity (Wildman–Crippen MR) is 61.9 cm³/mol. The van der Waals surface area contributed by atoms with Crippen molar-refractivity contribution in [2.24, 2.45) is 5.92 Å². The Hall–Kier alpha value is -1.10. The van der Waals surface area contributed by atoms with Crippen molar-refractivity contribution < 1.29 is 9.59 Å². The number of nitrogens with one attached hydrogen (secondary N) is 3. The first-order chi connectivity index (χ1) is 7.68. The van der Waals surface area contributed by atoms with E-state index in [1.54, 1.807) is 0 Å². The van der Waals surface area contributed by atoms with Crippen LogP contribution in [0.3, 0.4) is 0 Å². The second kappa shape index (κ2) is 7.22. The summed E-state index contributed by atoms with van der Waals surface area (Å²) in [6.45, 7) is 4.50. The van der Waals surface area contributed by atoms with Gasteiger partial charge in [0.15, 0.2) is 0 Å². The summed E-state index contributed by atoms with van der Waals surface area (Å²) >= 11 is 0. The van der Waals surface area contributed by atoms with Gasteiger partial charge < -0.3 is 16.0 Å². The summed E-state index contributed by atoms with van der Waals surface area (Å²) in [5.74, 6) is 0.485. The molecule has 3 N–H and O–H groups in total. The van der Waals surface area contributed by atoms with Gasteiger partial charge in [-0.15, -0.1) is 0 Å². The smallest absolute Gasteiger partial charge is 0.220 e. The maximum Gasteiger partial charge on any atom is 0.220 e. The Morgan fingerprint density at radius 3 is 2.69 bits per heavy atom. The van der Waals surface area contributed by atoms with Gasteiger partial charge in [0.25, 0.3) is 0 Å². The molecule has 0 spiro atoms. The van der Waals surface area contributed by atoms with E-state index in [2.05, 4.69) is 16.0 Å². The van der Waals surface area contributed by atoms with E-state index in [1.807, 2.05) is 0 Å². The molecule has 0 aliphatic carbocycles. The predicted octanol–water partition coefficient (Wildman–Crippen LogP) is -0.372. The lowest BCUT2D eigenvalue weighted by molar-refractivity contribution is -0.123. The van der Waals surface area contributed by atoms with E-state index in [1.165, 1.54) is 6.92 Å². The Labute approximate surface area is 96.4 Å². The Bertz CT molecular complexity index is 237. The minimum atomic E-state index is -0.0641. The third kappa shape index (κ3) is 5.70. The van der Waals surface area contributed by atoms with Gasteiger partial charge >= 0.3 is 0 Å². The first-order valence-electron chi connectivity index (χ1n) is 5.90. The second-order valence-corrected chi connectivity index (χ2v) is 4.25. The highest BCUT2D eigenvalue weighted by atomic mass is 16.2. The number of carbonyl (C=O) groups excluding carboxylic acids is 2. The van der Waals surface area contributed by atoms with Crippen LogP contribution in [0, 0.1) is 5.92 Å². The Morgan fingerprint density at radius 2 is 2.06 bits per heavy atom. The number of amides is 2. The summed E-state index contributed by atoms with van der Waals surface area (Å²) in [6, 6.07) is 0. The van der Waals surface area contributed by atoms with Gasteiger partial charge in [0.05, 0.1) is 0 Å². The molecule has 1 atom stereocenters. The Morgan fingerprint density at radius 1 is 1.31 bits per heavy atom. The van der Waals surface area contributed by atoms with Crippen LogP contribution in [0.15, 0.2) is 0 Å². The average molecular weight is 227 g/mol. The highest BCUT2D eigenvalue weighted by Crippen LogP contribution is 2.13. The fraction of sp³-hybridized carbons (Fsp3) is 0.818. The summed E-state index contributed by atoms with van der Waals surface area (Å²) in [7, 11) is 0. The number of carbonyl (C=O) groups is 2. The molecule has 2 amide bonds. The van der Waals surface area contributed by atoms with Crippen LogP contribution in [0.5, 0.6) is 0 Å². The molecule has 5 nitrogen and oxygen atoms in total. The zero-order valence-electron chi connectivity index (χ0n) is 9.84. The molecule has 5 heteroatoms. The van der Waals surface area contributed by atoms with E-state index < -0.39 is 0 Å². The second-order valence-electron chi connectivity index (χ2n) is 4.25. The fourth-order valence-electron chi connectivity index (χ4n) is 1.87. The lowest BCUT2D eigenvalue weighted by Crippen LogP contribution is -2.37. The third-order valence-electron chi connectivity index (χ3n) is 2.69. The topological polar surface area (TPSA) is 70.2 Å². The summed E-state index contributed by atoms with van der Waals surface area (Å²) in [6.07, 6.45) is 2.88. The summed E-state index contributed by atoms with van der Waals surface area (Å²) in [4.78, 5) is 22.1. The van der Waals surface area contributed by atoms with Gasteiger partial charge in [-0.2, -0.15) is 0 Å². The average Bonchev–Trinajstić information content (AvgIpc) is 2.25. The molecule has 0 bridgehead atoms. The summed E-state index contributed by atoms with van der Waals surface area (Å²) in [5, 5.41) is 8.73. The fourth-order valence-corrected chi connectivity index (χ4v) is 1.87. The van der Waals surface area contributed by atoms with Gasteiger partial charge in [0, 0.05) is 26.4 Å². The summed E-state index contributed by atoms with van der Waals surface area (Å²) in [5.41, 5.74) is 0. The van der Waals surface area contributed by atoms with E-state index in [0.29, 0.717) is 25.4 Å². The van der Waals surface area contributed by atoms with Crippen LogP contribution in [-0.2, 0) is 9.59 Å². The maximum atomic E-state index is 11.5. The molecule has 16 heavy (non-hydrogen) atoms. The molecule has 0 radical (unpaired) electrons. The number of rotatable bonds is 5. The molecule has 1 saturated heterocycles. The lowest BCUT2D eigenvalue weighted by Gasteiger charge is -2.22. The molecule has 1 heterocycles. The molecule has 0 saturated carbocycles. The minimum absolute atomic E-state index is 0.0641. The van der Waals surface area contributed by atoms with Crippen LogP contribution in [0.4, 0.5) is 0 Å². The third-order valence-corrected chi connectivity index (χ3v) is 2.69.